The number of nitrogens with one attached hydrogen (secondary N) is 3. The van der Waals surface area contributed by atoms with Crippen LogP contribution in [0.2, 0.25) is 0 Å². The summed E-state index contributed by atoms with van der Waals surface area (Å²) in [6.45, 7) is 8.96. The summed E-state index contributed by atoms with van der Waals surface area (Å²) in [6, 6.07) is 12.8. The number of amides is 4. The van der Waals surface area contributed by atoms with Crippen molar-refractivity contribution in [3.8, 4) is 5.75 Å². The van der Waals surface area contributed by atoms with Gasteiger partial charge in [0.05, 0.1) is 31.2 Å². The smallest absolute Gasteiger partial charge is 0.255 e. The Bertz CT molecular complexity index is 1360. The molecule has 0 radical (unpaired) electrons. The van der Waals surface area contributed by atoms with E-state index in [4.69, 9.17) is 9.47 Å². The minimum absolute atomic E-state index is 0.170. The molecule has 0 aromatic heterocycles. The Kier molecular flexibility index (Phi) is 11.1. The average molecular weight is 620 g/mol. The molecule has 3 heterocycles. The Morgan fingerprint density at radius 3 is 2.58 bits per heavy atom. The van der Waals surface area contributed by atoms with Crippen molar-refractivity contribution in [2.24, 2.45) is 5.92 Å². The zero-order valence-electron chi connectivity index (χ0n) is 26.3. The molecule has 2 aromatic carbocycles. The summed E-state index contributed by atoms with van der Waals surface area (Å²) in [6.07, 6.45) is 1.64. The predicted octanol–water partition coefficient (Wildman–Crippen LogP) is 2.24. The third-order valence-corrected chi connectivity index (χ3v) is 8.52. The third-order valence-electron chi connectivity index (χ3n) is 8.52. The molecule has 3 aliphatic heterocycles. The fourth-order valence-corrected chi connectivity index (χ4v) is 6.25. The first-order valence-electron chi connectivity index (χ1n) is 16.0. The van der Waals surface area contributed by atoms with Gasteiger partial charge < -0.3 is 30.3 Å². The fourth-order valence-electron chi connectivity index (χ4n) is 6.25. The monoisotopic (exact) mass is 619 g/mol. The number of ether oxygens (including phenoxy) is 2. The standard InChI is InChI=1S/C34H45N5O6/c1-23(2)17-26-22-45-30-11-4-3-9-27(30)32(41)37-28(19-31(40)39-12-6-10-29(39)34(43)36-26)33(42)35-20-24-7-5-8-25(18-24)21-38-13-15-44-16-14-38/h3-5,7-9,11,18,23,26,28-29H,6,10,12-17,19-22H2,1-2H3,(H,35,42)(H,36,43)(H,37,41)/t26-,28-,29+/m0/s1. The Morgan fingerprint density at radius 2 is 1.78 bits per heavy atom. The van der Waals surface area contributed by atoms with Gasteiger partial charge in [-0.1, -0.05) is 50.2 Å². The van der Waals surface area contributed by atoms with Crippen molar-refractivity contribution in [1.29, 1.82) is 0 Å². The Hall–Kier alpha value is -3.96. The van der Waals surface area contributed by atoms with E-state index in [2.05, 4.69) is 46.8 Å². The van der Waals surface area contributed by atoms with Gasteiger partial charge in [-0.25, -0.2) is 0 Å². The first-order chi connectivity index (χ1) is 21.8. The summed E-state index contributed by atoms with van der Waals surface area (Å²) < 4.78 is 11.5. The number of rotatable bonds is 7. The van der Waals surface area contributed by atoms with E-state index >= 15 is 0 Å². The molecule has 3 atom stereocenters. The van der Waals surface area contributed by atoms with Crippen molar-refractivity contribution in [2.45, 2.75) is 70.7 Å². The maximum Gasteiger partial charge on any atom is 0.255 e. The number of benzene rings is 2. The molecule has 45 heavy (non-hydrogen) atoms. The highest BCUT2D eigenvalue weighted by atomic mass is 16.5. The molecule has 11 heteroatoms. The molecule has 242 valence electrons. The molecule has 0 spiro atoms. The lowest BCUT2D eigenvalue weighted by molar-refractivity contribution is -0.140. The van der Waals surface area contributed by atoms with E-state index in [1.807, 2.05) is 12.1 Å². The van der Waals surface area contributed by atoms with Gasteiger partial charge >= 0.3 is 0 Å². The molecule has 2 fully saturated rings. The summed E-state index contributed by atoms with van der Waals surface area (Å²) in [4.78, 5) is 58.1. The normalized spacial score (nSPS) is 23.3. The van der Waals surface area contributed by atoms with Crippen molar-refractivity contribution in [3.63, 3.8) is 0 Å². The molecule has 2 saturated heterocycles. The lowest BCUT2D eigenvalue weighted by Gasteiger charge is -2.29. The molecule has 11 nitrogen and oxygen atoms in total. The molecule has 4 amide bonds. The second-order valence-corrected chi connectivity index (χ2v) is 12.5. The number of hydrogen-bond acceptors (Lipinski definition) is 7. The SMILES string of the molecule is CC(C)C[C@H]1COc2ccccc2C(=O)N[C@H](C(=O)NCc2cccc(CN3CCOCC3)c2)CC(=O)N2CCC[C@@H]2C(=O)N1. The predicted molar refractivity (Wildman–Crippen MR) is 168 cm³/mol. The lowest BCUT2D eigenvalue weighted by atomic mass is 10.0. The zero-order valence-corrected chi connectivity index (χ0v) is 26.3. The van der Waals surface area contributed by atoms with E-state index in [-0.39, 0.29) is 43.0 Å². The largest absolute Gasteiger partial charge is 0.491 e. The number of fused-ring (bicyclic) bond motifs is 2. The molecule has 0 bridgehead atoms. The highest BCUT2D eigenvalue weighted by Gasteiger charge is 2.37. The van der Waals surface area contributed by atoms with Crippen LogP contribution < -0.4 is 20.7 Å². The van der Waals surface area contributed by atoms with Crippen molar-refractivity contribution in [1.82, 2.24) is 25.8 Å². The summed E-state index contributed by atoms with van der Waals surface area (Å²) in [5.74, 6) is -0.905. The fraction of sp³-hybridized carbons (Fsp3) is 0.529. The molecule has 0 saturated carbocycles. The number of carbonyl (C=O) groups excluding carboxylic acids is 4. The van der Waals surface area contributed by atoms with Gasteiger partial charge in [-0.05, 0) is 48.4 Å². The van der Waals surface area contributed by atoms with Crippen molar-refractivity contribution < 1.29 is 28.7 Å². The number of nitrogens with zero attached hydrogens (tertiary/aromatic N) is 2. The molecule has 2 aromatic rings. The summed E-state index contributed by atoms with van der Waals surface area (Å²) in [5, 5.41) is 8.81. The van der Waals surface area contributed by atoms with Gasteiger partial charge in [-0.2, -0.15) is 0 Å². The van der Waals surface area contributed by atoms with Crippen LogP contribution in [0.1, 0.15) is 61.0 Å². The van der Waals surface area contributed by atoms with Gasteiger partial charge in [-0.3, -0.25) is 24.1 Å². The zero-order chi connectivity index (χ0) is 31.8. The van der Waals surface area contributed by atoms with Gasteiger partial charge in [0, 0.05) is 32.7 Å². The van der Waals surface area contributed by atoms with Gasteiger partial charge in [0.1, 0.15) is 24.4 Å². The summed E-state index contributed by atoms with van der Waals surface area (Å²) >= 11 is 0. The van der Waals surface area contributed by atoms with Crippen LogP contribution in [0.4, 0.5) is 0 Å². The van der Waals surface area contributed by atoms with Crippen molar-refractivity contribution in [2.75, 3.05) is 39.5 Å². The molecular formula is C34H45N5O6. The minimum Gasteiger partial charge on any atom is -0.491 e. The van der Waals surface area contributed by atoms with Crippen LogP contribution in [0.15, 0.2) is 48.5 Å². The molecule has 0 unspecified atom stereocenters. The third kappa shape index (κ3) is 8.82. The Labute approximate surface area is 265 Å². The van der Waals surface area contributed by atoms with Gasteiger partial charge in [-0.15, -0.1) is 0 Å². The first-order valence-corrected chi connectivity index (χ1v) is 16.0. The number of morpholine rings is 1. The van der Waals surface area contributed by atoms with Gasteiger partial charge in [0.15, 0.2) is 0 Å². The van der Waals surface area contributed by atoms with E-state index in [0.717, 1.165) is 44.0 Å². The molecule has 3 aliphatic rings. The second kappa shape index (κ2) is 15.4. The van der Waals surface area contributed by atoms with E-state index in [9.17, 15) is 19.2 Å². The number of para-hydroxylation sites is 1. The maximum atomic E-state index is 13.6. The lowest BCUT2D eigenvalue weighted by Crippen LogP contribution is -2.53. The average Bonchev–Trinajstić information content (AvgIpc) is 3.53. The Balaban J connectivity index is 1.33. The van der Waals surface area contributed by atoms with E-state index in [1.54, 1.807) is 29.2 Å². The van der Waals surface area contributed by atoms with E-state index < -0.39 is 23.9 Å². The number of hydrogen-bond donors (Lipinski definition) is 3. The maximum absolute atomic E-state index is 13.6. The molecule has 0 aliphatic carbocycles. The summed E-state index contributed by atoms with van der Waals surface area (Å²) in [5.41, 5.74) is 2.30. The van der Waals surface area contributed by atoms with Crippen LogP contribution >= 0.6 is 0 Å². The van der Waals surface area contributed by atoms with Crippen LogP contribution in [0.3, 0.4) is 0 Å². The minimum atomic E-state index is -1.14. The molecule has 5 rings (SSSR count). The van der Waals surface area contributed by atoms with Crippen LogP contribution in [0.25, 0.3) is 0 Å². The molecule has 3 N–H and O–H groups in total. The molecular weight excluding hydrogens is 574 g/mol. The number of carbonyl (C=O) groups is 4. The first kappa shape index (κ1) is 32.4. The quantitative estimate of drug-likeness (QED) is 0.434. The van der Waals surface area contributed by atoms with E-state index in [0.29, 0.717) is 37.5 Å². The van der Waals surface area contributed by atoms with Crippen molar-refractivity contribution >= 4 is 23.6 Å². The topological polar surface area (TPSA) is 129 Å². The highest BCUT2D eigenvalue weighted by molar-refractivity contribution is 6.01. The second-order valence-electron chi connectivity index (χ2n) is 12.5. The van der Waals surface area contributed by atoms with Crippen LogP contribution in [0.5, 0.6) is 5.75 Å². The van der Waals surface area contributed by atoms with Crippen LogP contribution in [-0.4, -0.2) is 91.0 Å². The van der Waals surface area contributed by atoms with Crippen LogP contribution in [-0.2, 0) is 32.2 Å². The van der Waals surface area contributed by atoms with Gasteiger partial charge in [0.25, 0.3) is 5.91 Å². The Morgan fingerprint density at radius 1 is 1.00 bits per heavy atom. The summed E-state index contributed by atoms with van der Waals surface area (Å²) in [7, 11) is 0. The van der Waals surface area contributed by atoms with Crippen LogP contribution in [0, 0.1) is 5.92 Å². The van der Waals surface area contributed by atoms with Crippen molar-refractivity contribution in [3.05, 3.63) is 65.2 Å². The van der Waals surface area contributed by atoms with E-state index in [1.165, 1.54) is 0 Å². The van der Waals surface area contributed by atoms with Gasteiger partial charge in [0.2, 0.25) is 17.7 Å². The highest BCUT2D eigenvalue weighted by Crippen LogP contribution is 2.23.